The Kier molecular flexibility index (Phi) is 75.6. The minimum absolute atomic E-state index is 0.107. The Labute approximate surface area is 651 Å². The van der Waals surface area contributed by atoms with Crippen molar-refractivity contribution in [1.82, 2.24) is 0 Å². The maximum Gasteiger partial charge on any atom is 0.472 e. The van der Waals surface area contributed by atoms with E-state index >= 15 is 0 Å². The molecule has 0 aromatic rings. The van der Waals surface area contributed by atoms with Gasteiger partial charge in [0, 0.05) is 25.7 Å². The lowest BCUT2D eigenvalue weighted by Gasteiger charge is -2.21. The minimum Gasteiger partial charge on any atom is -0.462 e. The first-order chi connectivity index (χ1) is 51.3. The van der Waals surface area contributed by atoms with Crippen LogP contribution in [-0.4, -0.2) is 96.7 Å². The van der Waals surface area contributed by atoms with Crippen molar-refractivity contribution in [2.45, 2.75) is 478 Å². The maximum atomic E-state index is 13.2. The Balaban J connectivity index is 5.26. The van der Waals surface area contributed by atoms with E-state index in [1.165, 1.54) is 270 Å². The molecular weight excluding hydrogens is 1380 g/mol. The molecule has 0 aromatic heterocycles. The van der Waals surface area contributed by atoms with Crippen LogP contribution in [-0.2, 0) is 65.4 Å². The fraction of sp³-hybridized carbons (Fsp3) is 0.954. The number of aliphatic hydroxyl groups excluding tert-OH is 1. The second kappa shape index (κ2) is 77.0. The summed E-state index contributed by atoms with van der Waals surface area (Å²) in [5.74, 6) is 0.328. The third-order valence-corrected chi connectivity index (χ3v) is 22.6. The van der Waals surface area contributed by atoms with E-state index in [9.17, 15) is 43.2 Å². The van der Waals surface area contributed by atoms with Gasteiger partial charge in [0.1, 0.15) is 19.3 Å². The molecule has 0 spiro atoms. The number of unbranched alkanes of at least 4 members (excludes halogenated alkanes) is 52. The fourth-order valence-corrected chi connectivity index (χ4v) is 15.1. The molecule has 0 saturated carbocycles. The molecule has 0 heterocycles. The van der Waals surface area contributed by atoms with Gasteiger partial charge in [0.2, 0.25) is 0 Å². The molecule has 0 bridgehead atoms. The van der Waals surface area contributed by atoms with Crippen LogP contribution in [0, 0.1) is 17.8 Å². The number of carbonyl (C=O) groups excluding carboxylic acids is 4. The van der Waals surface area contributed by atoms with Crippen LogP contribution >= 0.6 is 15.6 Å². The first-order valence-electron chi connectivity index (χ1n) is 44.9. The predicted molar refractivity (Wildman–Crippen MR) is 437 cm³/mol. The van der Waals surface area contributed by atoms with Crippen LogP contribution in [0.3, 0.4) is 0 Å². The molecule has 0 aliphatic heterocycles. The van der Waals surface area contributed by atoms with E-state index in [0.717, 1.165) is 108 Å². The number of ether oxygens (including phenoxy) is 4. The van der Waals surface area contributed by atoms with E-state index in [-0.39, 0.29) is 25.7 Å². The molecule has 19 heteroatoms. The average Bonchev–Trinajstić information content (AvgIpc) is 0.909. The highest BCUT2D eigenvalue weighted by molar-refractivity contribution is 7.47. The van der Waals surface area contributed by atoms with Gasteiger partial charge in [-0.15, -0.1) is 0 Å². The first-order valence-corrected chi connectivity index (χ1v) is 47.9. The van der Waals surface area contributed by atoms with Gasteiger partial charge < -0.3 is 33.8 Å². The Morgan fingerprint density at radius 2 is 0.481 bits per heavy atom. The number of phosphoric ester groups is 2. The summed E-state index contributed by atoms with van der Waals surface area (Å²) in [7, 11) is -9.93. The summed E-state index contributed by atoms with van der Waals surface area (Å²) in [6.45, 7) is 12.1. The van der Waals surface area contributed by atoms with Gasteiger partial charge in [0.25, 0.3) is 0 Å². The lowest BCUT2D eigenvalue weighted by Crippen LogP contribution is -2.30. The Bertz CT molecular complexity index is 2050. The maximum absolute atomic E-state index is 13.2. The van der Waals surface area contributed by atoms with Crippen molar-refractivity contribution in [1.29, 1.82) is 0 Å². The number of carbonyl (C=O) groups is 4. The zero-order valence-corrected chi connectivity index (χ0v) is 71.7. The number of aliphatic hydroxyl groups is 1. The summed E-state index contributed by atoms with van der Waals surface area (Å²) in [5, 5.41) is 10.7. The molecular formula is C87H170O17P2. The van der Waals surface area contributed by atoms with Crippen LogP contribution in [0.2, 0.25) is 0 Å². The summed E-state index contributed by atoms with van der Waals surface area (Å²) < 4.78 is 69.0. The van der Waals surface area contributed by atoms with Crippen molar-refractivity contribution in [2.24, 2.45) is 17.8 Å². The van der Waals surface area contributed by atoms with E-state index in [1.807, 2.05) is 0 Å². The second-order valence-electron chi connectivity index (χ2n) is 32.5. The van der Waals surface area contributed by atoms with Gasteiger partial charge in [-0.25, -0.2) is 9.13 Å². The highest BCUT2D eigenvalue weighted by Gasteiger charge is 2.31. The number of hydrogen-bond donors (Lipinski definition) is 3. The van der Waals surface area contributed by atoms with Crippen molar-refractivity contribution in [3.8, 4) is 0 Å². The SMILES string of the molecule is CCCCCCCCCCCCCCCC(=O)OC[C@H](COP(=O)(O)OC[C@H](O)COP(=O)(O)OC[C@@H](COC(=O)CCCCCCCCCCCCCCCCCC(C)C)OC(=O)CCCCCCCCCCCCCCCCCCCCC(C)C)OC(=O)CCCCCCCCCCCCC(C)CC. The number of esters is 4. The van der Waals surface area contributed by atoms with Gasteiger partial charge >= 0.3 is 39.5 Å². The molecule has 0 radical (unpaired) electrons. The number of phosphoric acid groups is 2. The van der Waals surface area contributed by atoms with Gasteiger partial charge in [0.05, 0.1) is 26.4 Å². The first kappa shape index (κ1) is 104. The van der Waals surface area contributed by atoms with Gasteiger partial charge in [-0.3, -0.25) is 37.3 Å². The second-order valence-corrected chi connectivity index (χ2v) is 35.4. The van der Waals surface area contributed by atoms with E-state index < -0.39 is 97.5 Å². The molecule has 0 aliphatic carbocycles. The van der Waals surface area contributed by atoms with E-state index in [2.05, 4.69) is 48.5 Å². The smallest absolute Gasteiger partial charge is 0.462 e. The largest absolute Gasteiger partial charge is 0.472 e. The molecule has 0 saturated heterocycles. The minimum atomic E-state index is -4.97. The third-order valence-electron chi connectivity index (χ3n) is 20.7. The molecule has 6 atom stereocenters. The zero-order chi connectivity index (χ0) is 77.9. The molecule has 630 valence electrons. The predicted octanol–water partition coefficient (Wildman–Crippen LogP) is 26.5. The lowest BCUT2D eigenvalue weighted by atomic mass is 9.99. The van der Waals surface area contributed by atoms with Gasteiger partial charge in [-0.05, 0) is 43.4 Å². The molecule has 17 nitrogen and oxygen atoms in total. The highest BCUT2D eigenvalue weighted by Crippen LogP contribution is 2.45. The van der Waals surface area contributed by atoms with E-state index in [0.29, 0.717) is 25.7 Å². The Morgan fingerprint density at radius 1 is 0.274 bits per heavy atom. The van der Waals surface area contributed by atoms with Crippen molar-refractivity contribution >= 4 is 39.5 Å². The summed E-state index contributed by atoms with van der Waals surface area (Å²) in [4.78, 5) is 73.3. The molecule has 0 aliphatic rings. The van der Waals surface area contributed by atoms with Gasteiger partial charge in [-0.2, -0.15) is 0 Å². The molecule has 0 aromatic carbocycles. The van der Waals surface area contributed by atoms with Crippen LogP contribution < -0.4 is 0 Å². The highest BCUT2D eigenvalue weighted by atomic mass is 31.2. The van der Waals surface area contributed by atoms with Crippen molar-refractivity contribution in [3.05, 3.63) is 0 Å². The summed E-state index contributed by atoms with van der Waals surface area (Å²) in [5.41, 5.74) is 0. The van der Waals surface area contributed by atoms with Crippen LogP contribution in [0.1, 0.15) is 459 Å². The third kappa shape index (κ3) is 78.7. The molecule has 0 fully saturated rings. The fourth-order valence-electron chi connectivity index (χ4n) is 13.5. The molecule has 0 amide bonds. The van der Waals surface area contributed by atoms with Crippen molar-refractivity contribution in [3.63, 3.8) is 0 Å². The number of hydrogen-bond acceptors (Lipinski definition) is 15. The molecule has 0 rings (SSSR count). The quantitative estimate of drug-likeness (QED) is 0.0222. The normalized spacial score (nSPS) is 14.1. The molecule has 3 unspecified atom stereocenters. The Morgan fingerprint density at radius 3 is 0.717 bits per heavy atom. The van der Waals surface area contributed by atoms with Crippen LogP contribution in [0.5, 0.6) is 0 Å². The monoisotopic (exact) mass is 1550 g/mol. The summed E-state index contributed by atoms with van der Waals surface area (Å²) >= 11 is 0. The van der Waals surface area contributed by atoms with Gasteiger partial charge in [-0.1, -0.05) is 408 Å². The summed E-state index contributed by atoms with van der Waals surface area (Å²) in [6, 6.07) is 0. The number of rotatable bonds is 85. The topological polar surface area (TPSA) is 237 Å². The zero-order valence-electron chi connectivity index (χ0n) is 69.9. The molecule has 3 N–H and O–H groups in total. The lowest BCUT2D eigenvalue weighted by molar-refractivity contribution is -0.161. The summed E-state index contributed by atoms with van der Waals surface area (Å²) in [6.07, 6.45) is 67.9. The van der Waals surface area contributed by atoms with Crippen LogP contribution in [0.25, 0.3) is 0 Å². The van der Waals surface area contributed by atoms with Gasteiger partial charge in [0.15, 0.2) is 12.2 Å². The van der Waals surface area contributed by atoms with E-state index in [4.69, 9.17) is 37.0 Å². The van der Waals surface area contributed by atoms with Crippen LogP contribution in [0.15, 0.2) is 0 Å². The average molecular weight is 1550 g/mol. The Hall–Kier alpha value is -1.94. The van der Waals surface area contributed by atoms with Crippen molar-refractivity contribution < 1.29 is 80.2 Å². The van der Waals surface area contributed by atoms with Crippen LogP contribution in [0.4, 0.5) is 0 Å². The standard InChI is InChI=1S/C87H170O17P2/c1-8-10-11-12-13-14-15-25-32-40-47-54-61-68-84(89)97-75-83(104-87(92)71-64-57-50-43-36-35-39-46-53-60-67-80(7)9-2)77-102-106(95,96)100-73-81(88)72-99-105(93,94)101-76-82(74-98-85(90)69-62-55-48-41-33-28-24-20-22-27-31-38-45-52-59-66-79(5)6)103-86(91)70-63-56-49-42-34-29-23-19-17-16-18-21-26-30-37-44-51-58-65-78(3)4/h78-83,88H,8-77H2,1-7H3,(H,93,94)(H,95,96)/t80?,81-,82-,83-/m1/s1. The van der Waals surface area contributed by atoms with Crippen molar-refractivity contribution in [2.75, 3.05) is 39.6 Å². The molecule has 106 heavy (non-hydrogen) atoms. The van der Waals surface area contributed by atoms with E-state index in [1.54, 1.807) is 0 Å².